The molecule has 3 aromatic carbocycles. The van der Waals surface area contributed by atoms with Crippen LogP contribution in [0.3, 0.4) is 0 Å². The first kappa shape index (κ1) is 18.1. The highest BCUT2D eigenvalue weighted by Gasteiger charge is 2.19. The summed E-state index contributed by atoms with van der Waals surface area (Å²) in [6, 6.07) is 18.1. The third-order valence-corrected chi connectivity index (χ3v) is 5.32. The molecule has 4 heteroatoms. The van der Waals surface area contributed by atoms with Crippen molar-refractivity contribution in [1.29, 1.82) is 0 Å². The number of aliphatic imine (C=N–C) groups is 1. The number of hydrogen-bond donors (Lipinski definition) is 1. The monoisotopic (exact) mass is 372 g/mol. The molecule has 4 nitrogen and oxygen atoms in total. The van der Waals surface area contributed by atoms with E-state index in [9.17, 15) is 5.11 Å². The zero-order chi connectivity index (χ0) is 19.7. The average molecular weight is 372 g/mol. The van der Waals surface area contributed by atoms with E-state index in [0.717, 1.165) is 24.3 Å². The van der Waals surface area contributed by atoms with Crippen LogP contribution in [-0.4, -0.2) is 18.4 Å². The highest BCUT2D eigenvalue weighted by atomic mass is 16.5. The lowest BCUT2D eigenvalue weighted by Crippen LogP contribution is -2.13. The first-order valence-electron chi connectivity index (χ1n) is 9.38. The third-order valence-electron chi connectivity index (χ3n) is 5.32. The molecule has 0 atom stereocenters. The number of hydrogen-bond acceptors (Lipinski definition) is 4. The van der Waals surface area contributed by atoms with Gasteiger partial charge in [-0.05, 0) is 84.1 Å². The van der Waals surface area contributed by atoms with Crippen molar-refractivity contribution in [2.24, 2.45) is 4.99 Å². The van der Waals surface area contributed by atoms with Crippen LogP contribution in [0.5, 0.6) is 11.5 Å². The largest absolute Gasteiger partial charge is 0.504 e. The Morgan fingerprint density at radius 2 is 1.57 bits per heavy atom. The van der Waals surface area contributed by atoms with E-state index in [-0.39, 0.29) is 5.75 Å². The molecule has 0 aromatic heterocycles. The van der Waals surface area contributed by atoms with Crippen LogP contribution in [-0.2, 0) is 13.1 Å². The molecule has 0 saturated heterocycles. The normalized spacial score (nSPS) is 13.2. The molecule has 0 amide bonds. The predicted molar refractivity (Wildman–Crippen MR) is 114 cm³/mol. The van der Waals surface area contributed by atoms with Crippen molar-refractivity contribution < 1.29 is 9.84 Å². The Bertz CT molecular complexity index is 1010. The van der Waals surface area contributed by atoms with Crippen molar-refractivity contribution in [3.8, 4) is 11.5 Å². The van der Waals surface area contributed by atoms with Crippen molar-refractivity contribution >= 4 is 17.6 Å². The molecule has 0 radical (unpaired) electrons. The third kappa shape index (κ3) is 3.58. The van der Waals surface area contributed by atoms with Crippen LogP contribution in [0.2, 0.25) is 0 Å². The smallest absolute Gasteiger partial charge is 0.161 e. The molecule has 0 unspecified atom stereocenters. The van der Waals surface area contributed by atoms with E-state index in [1.165, 1.54) is 35.1 Å². The van der Waals surface area contributed by atoms with Crippen LogP contribution in [0, 0.1) is 13.8 Å². The van der Waals surface area contributed by atoms with Gasteiger partial charge in [0.2, 0.25) is 0 Å². The number of aromatic hydroxyl groups is 1. The predicted octanol–water partition coefficient (Wildman–Crippen LogP) is 5.29. The number of rotatable bonds is 4. The Morgan fingerprint density at radius 3 is 2.18 bits per heavy atom. The quantitative estimate of drug-likeness (QED) is 0.633. The van der Waals surface area contributed by atoms with Crippen LogP contribution in [0.1, 0.15) is 27.8 Å². The maximum absolute atomic E-state index is 9.68. The van der Waals surface area contributed by atoms with Gasteiger partial charge in [0, 0.05) is 25.0 Å². The van der Waals surface area contributed by atoms with Crippen LogP contribution in [0.25, 0.3) is 0 Å². The maximum Gasteiger partial charge on any atom is 0.161 e. The molecule has 4 rings (SSSR count). The van der Waals surface area contributed by atoms with Gasteiger partial charge in [-0.2, -0.15) is 0 Å². The molecule has 0 saturated carbocycles. The van der Waals surface area contributed by atoms with Gasteiger partial charge in [-0.15, -0.1) is 0 Å². The van der Waals surface area contributed by atoms with E-state index in [1.807, 2.05) is 12.1 Å². The number of anilines is 1. The number of fused-ring (bicyclic) bond motifs is 1. The minimum Gasteiger partial charge on any atom is -0.504 e. The first-order chi connectivity index (χ1) is 13.5. The molecule has 0 bridgehead atoms. The number of nitrogens with zero attached hydrogens (tertiary/aromatic N) is 2. The molecular formula is C24H24N2O2. The van der Waals surface area contributed by atoms with Crippen molar-refractivity contribution in [3.05, 3.63) is 82.4 Å². The second kappa shape index (κ2) is 7.39. The standard InChI is InChI=1S/C24H24N2O2/c1-16-10-19-14-26(15-20(19)11-17(16)2)22-7-5-21(6-8-22)25-13-18-4-9-23(27)24(12-18)28-3/h4-13,27H,14-15H2,1-3H3. The highest BCUT2D eigenvalue weighted by Crippen LogP contribution is 2.31. The van der Waals surface area contributed by atoms with Gasteiger partial charge in [0.25, 0.3) is 0 Å². The number of aryl methyl sites for hydroxylation is 2. The second-order valence-corrected chi connectivity index (χ2v) is 7.27. The van der Waals surface area contributed by atoms with E-state index in [4.69, 9.17) is 4.74 Å². The van der Waals surface area contributed by atoms with Crippen molar-refractivity contribution in [2.75, 3.05) is 12.0 Å². The van der Waals surface area contributed by atoms with E-state index in [0.29, 0.717) is 5.75 Å². The zero-order valence-electron chi connectivity index (χ0n) is 16.4. The number of ether oxygens (including phenoxy) is 1. The van der Waals surface area contributed by atoms with E-state index >= 15 is 0 Å². The highest BCUT2D eigenvalue weighted by molar-refractivity contribution is 5.83. The Morgan fingerprint density at radius 1 is 0.929 bits per heavy atom. The minimum atomic E-state index is 0.126. The summed E-state index contributed by atoms with van der Waals surface area (Å²) < 4.78 is 5.13. The van der Waals surface area contributed by atoms with Gasteiger partial charge in [0.15, 0.2) is 11.5 Å². The molecule has 1 N–H and O–H groups in total. The van der Waals surface area contributed by atoms with Gasteiger partial charge < -0.3 is 14.7 Å². The van der Waals surface area contributed by atoms with Crippen LogP contribution in [0.4, 0.5) is 11.4 Å². The summed E-state index contributed by atoms with van der Waals surface area (Å²) in [6.45, 7) is 6.25. The fourth-order valence-corrected chi connectivity index (χ4v) is 3.55. The summed E-state index contributed by atoms with van der Waals surface area (Å²) in [7, 11) is 1.54. The molecule has 1 aliphatic heterocycles. The minimum absolute atomic E-state index is 0.126. The lowest BCUT2D eigenvalue weighted by Gasteiger charge is -2.17. The summed E-state index contributed by atoms with van der Waals surface area (Å²) in [6.07, 6.45) is 1.77. The SMILES string of the molecule is COc1cc(C=Nc2ccc(N3Cc4cc(C)c(C)cc4C3)cc2)ccc1O. The number of phenolic OH excluding ortho intramolecular Hbond substituents is 1. The van der Waals surface area contributed by atoms with Crippen molar-refractivity contribution in [1.82, 2.24) is 0 Å². The second-order valence-electron chi connectivity index (χ2n) is 7.27. The van der Waals surface area contributed by atoms with Gasteiger partial charge in [0.05, 0.1) is 12.8 Å². The summed E-state index contributed by atoms with van der Waals surface area (Å²) in [5.41, 5.74) is 8.53. The summed E-state index contributed by atoms with van der Waals surface area (Å²) in [5, 5.41) is 9.68. The van der Waals surface area contributed by atoms with Gasteiger partial charge >= 0.3 is 0 Å². The number of phenols is 1. The first-order valence-corrected chi connectivity index (χ1v) is 9.38. The molecule has 28 heavy (non-hydrogen) atoms. The molecule has 0 aliphatic carbocycles. The van der Waals surface area contributed by atoms with Crippen LogP contribution < -0.4 is 9.64 Å². The molecule has 3 aromatic rings. The summed E-state index contributed by atoms with van der Waals surface area (Å²) >= 11 is 0. The molecule has 1 heterocycles. The molecule has 0 fully saturated rings. The van der Waals surface area contributed by atoms with E-state index in [1.54, 1.807) is 24.4 Å². The van der Waals surface area contributed by atoms with E-state index < -0.39 is 0 Å². The average Bonchev–Trinajstić information content (AvgIpc) is 3.10. The van der Waals surface area contributed by atoms with Gasteiger partial charge in [-0.3, -0.25) is 4.99 Å². The topological polar surface area (TPSA) is 45.1 Å². The van der Waals surface area contributed by atoms with Crippen LogP contribution in [0.15, 0.2) is 59.6 Å². The Kier molecular flexibility index (Phi) is 4.78. The van der Waals surface area contributed by atoms with Gasteiger partial charge in [0.1, 0.15) is 0 Å². The lowest BCUT2D eigenvalue weighted by molar-refractivity contribution is 0.373. The van der Waals surface area contributed by atoms with Gasteiger partial charge in [-0.1, -0.05) is 12.1 Å². The van der Waals surface area contributed by atoms with Crippen molar-refractivity contribution in [3.63, 3.8) is 0 Å². The number of benzene rings is 3. The zero-order valence-corrected chi connectivity index (χ0v) is 16.4. The molecule has 1 aliphatic rings. The Hall–Kier alpha value is -3.27. The van der Waals surface area contributed by atoms with Crippen molar-refractivity contribution in [2.45, 2.75) is 26.9 Å². The number of methoxy groups -OCH3 is 1. The van der Waals surface area contributed by atoms with Gasteiger partial charge in [-0.25, -0.2) is 0 Å². The fourth-order valence-electron chi connectivity index (χ4n) is 3.55. The Balaban J connectivity index is 1.47. The Labute approximate surface area is 165 Å². The molecule has 0 spiro atoms. The van der Waals surface area contributed by atoms with E-state index in [2.05, 4.69) is 48.0 Å². The summed E-state index contributed by atoms with van der Waals surface area (Å²) in [5.74, 6) is 0.569. The molecular weight excluding hydrogens is 348 g/mol. The summed E-state index contributed by atoms with van der Waals surface area (Å²) in [4.78, 5) is 6.92. The molecule has 142 valence electrons. The fraction of sp³-hybridized carbons (Fsp3) is 0.208. The van der Waals surface area contributed by atoms with Crippen LogP contribution >= 0.6 is 0 Å². The lowest BCUT2D eigenvalue weighted by atomic mass is 10.0. The maximum atomic E-state index is 9.68.